The van der Waals surface area contributed by atoms with Crippen molar-refractivity contribution in [3.05, 3.63) is 63.0 Å². The first-order valence-corrected chi connectivity index (χ1v) is 9.45. The number of nitrogens with one attached hydrogen (secondary N) is 1. The second-order valence-electron chi connectivity index (χ2n) is 5.58. The molecule has 0 radical (unpaired) electrons. The molecule has 0 amide bonds. The van der Waals surface area contributed by atoms with E-state index in [9.17, 15) is 5.26 Å². The minimum Gasteiger partial charge on any atom is -0.454 e. The first-order valence-electron chi connectivity index (χ1n) is 7.81. The predicted molar refractivity (Wildman–Crippen MR) is 107 cm³/mol. The maximum atomic E-state index is 9.49. The summed E-state index contributed by atoms with van der Waals surface area (Å²) in [6.07, 6.45) is 1.59. The Balaban J connectivity index is 1.58. The molecule has 27 heavy (non-hydrogen) atoms. The van der Waals surface area contributed by atoms with E-state index < -0.39 is 0 Å². The normalized spacial score (nSPS) is 12.7. The molecule has 0 aliphatic carbocycles. The molecule has 1 aliphatic rings. The highest BCUT2D eigenvalue weighted by Gasteiger charge is 2.16. The van der Waals surface area contributed by atoms with Crippen molar-refractivity contribution in [1.82, 2.24) is 4.98 Å². The number of nitriles is 1. The number of ether oxygens (including phenoxy) is 2. The van der Waals surface area contributed by atoms with Gasteiger partial charge in [-0.2, -0.15) is 5.26 Å². The van der Waals surface area contributed by atoms with Crippen molar-refractivity contribution in [2.24, 2.45) is 0 Å². The van der Waals surface area contributed by atoms with Crippen molar-refractivity contribution in [3.63, 3.8) is 0 Å². The predicted octanol–water partition coefficient (Wildman–Crippen LogP) is 5.82. The minimum absolute atomic E-state index is 0.224. The van der Waals surface area contributed by atoms with Crippen LogP contribution in [0.4, 0.5) is 5.69 Å². The highest BCUT2D eigenvalue weighted by Crippen LogP contribution is 2.36. The zero-order valence-electron chi connectivity index (χ0n) is 13.7. The highest BCUT2D eigenvalue weighted by molar-refractivity contribution is 7.11. The molecule has 134 valence electrons. The zero-order chi connectivity index (χ0) is 18.8. The van der Waals surface area contributed by atoms with Gasteiger partial charge in [-0.15, -0.1) is 11.3 Å². The molecule has 2 aromatic carbocycles. The Hall–Kier alpha value is -2.72. The summed E-state index contributed by atoms with van der Waals surface area (Å²) in [5.41, 5.74) is 2.75. The number of thiazole rings is 1. The van der Waals surface area contributed by atoms with Crippen LogP contribution >= 0.6 is 34.5 Å². The lowest BCUT2D eigenvalue weighted by Crippen LogP contribution is -1.92. The fourth-order valence-electron chi connectivity index (χ4n) is 2.52. The molecule has 1 aliphatic heterocycles. The molecular weight excluding hydrogens is 405 g/mol. The largest absolute Gasteiger partial charge is 0.454 e. The van der Waals surface area contributed by atoms with E-state index in [1.807, 2.05) is 23.6 Å². The number of benzene rings is 2. The van der Waals surface area contributed by atoms with Crippen molar-refractivity contribution >= 4 is 45.8 Å². The number of aromatic nitrogens is 1. The molecule has 1 N–H and O–H groups in total. The van der Waals surface area contributed by atoms with Gasteiger partial charge in [0.25, 0.3) is 0 Å². The SMILES string of the molecule is N#C/C(=C\Nc1cc(Cl)cc(Cl)c1)c1nc(-c2ccc3c(c2)OCO3)cs1. The summed E-state index contributed by atoms with van der Waals surface area (Å²) >= 11 is 13.4. The second-order valence-corrected chi connectivity index (χ2v) is 7.31. The van der Waals surface area contributed by atoms with Gasteiger partial charge in [0.1, 0.15) is 16.6 Å². The Bertz CT molecular complexity index is 1070. The van der Waals surface area contributed by atoms with Crippen molar-refractivity contribution < 1.29 is 9.47 Å². The van der Waals surface area contributed by atoms with Crippen LogP contribution in [0.2, 0.25) is 10.0 Å². The van der Waals surface area contributed by atoms with Crippen molar-refractivity contribution in [2.45, 2.75) is 0 Å². The average Bonchev–Trinajstić information content (AvgIpc) is 3.30. The molecule has 0 saturated carbocycles. The van der Waals surface area contributed by atoms with Crippen LogP contribution in [0.5, 0.6) is 11.5 Å². The van der Waals surface area contributed by atoms with Gasteiger partial charge in [-0.3, -0.25) is 0 Å². The first-order chi connectivity index (χ1) is 13.1. The van der Waals surface area contributed by atoms with E-state index in [0.717, 1.165) is 17.0 Å². The molecule has 8 heteroatoms. The molecule has 5 nitrogen and oxygen atoms in total. The van der Waals surface area contributed by atoms with Gasteiger partial charge in [-0.05, 0) is 36.4 Å². The second kappa shape index (κ2) is 7.49. The lowest BCUT2D eigenvalue weighted by molar-refractivity contribution is 0.174. The minimum atomic E-state index is 0.224. The summed E-state index contributed by atoms with van der Waals surface area (Å²) in [5.74, 6) is 1.41. The number of allylic oxidation sites excluding steroid dienone is 1. The lowest BCUT2D eigenvalue weighted by atomic mass is 10.1. The van der Waals surface area contributed by atoms with Crippen LogP contribution in [-0.2, 0) is 0 Å². The molecular formula is C19H11Cl2N3O2S. The van der Waals surface area contributed by atoms with Crippen LogP contribution in [0, 0.1) is 11.3 Å². The van der Waals surface area contributed by atoms with Crippen LogP contribution in [0.3, 0.4) is 0 Å². The third kappa shape index (κ3) is 3.86. The molecule has 0 bridgehead atoms. The summed E-state index contributed by atoms with van der Waals surface area (Å²) in [7, 11) is 0. The molecule has 3 aromatic rings. The van der Waals surface area contributed by atoms with Gasteiger partial charge in [-0.25, -0.2) is 4.98 Å². The number of hydrogen-bond acceptors (Lipinski definition) is 6. The van der Waals surface area contributed by atoms with Gasteiger partial charge in [0.15, 0.2) is 11.5 Å². The van der Waals surface area contributed by atoms with Crippen LogP contribution in [0.15, 0.2) is 48.0 Å². The molecule has 0 saturated heterocycles. The van der Waals surface area contributed by atoms with Gasteiger partial charge in [-0.1, -0.05) is 23.2 Å². The molecule has 4 rings (SSSR count). The van der Waals surface area contributed by atoms with Gasteiger partial charge in [0.2, 0.25) is 6.79 Å². The Morgan fingerprint density at radius 2 is 1.93 bits per heavy atom. The van der Waals surface area contributed by atoms with Crippen molar-refractivity contribution in [2.75, 3.05) is 12.1 Å². The highest BCUT2D eigenvalue weighted by atomic mass is 35.5. The summed E-state index contributed by atoms with van der Waals surface area (Å²) in [4.78, 5) is 4.56. The third-order valence-electron chi connectivity index (χ3n) is 3.77. The van der Waals surface area contributed by atoms with Crippen LogP contribution in [0.25, 0.3) is 16.8 Å². The first kappa shape index (κ1) is 17.7. The van der Waals surface area contributed by atoms with Crippen molar-refractivity contribution in [1.29, 1.82) is 5.26 Å². The van der Waals surface area contributed by atoms with E-state index in [0.29, 0.717) is 32.1 Å². The van der Waals surface area contributed by atoms with Gasteiger partial charge in [0, 0.05) is 32.9 Å². The monoisotopic (exact) mass is 415 g/mol. The summed E-state index contributed by atoms with van der Waals surface area (Å²) in [5, 5.41) is 16.0. The molecule has 0 spiro atoms. The topological polar surface area (TPSA) is 67.2 Å². The maximum absolute atomic E-state index is 9.49. The number of hydrogen-bond donors (Lipinski definition) is 1. The third-order valence-corrected chi connectivity index (χ3v) is 5.08. The van der Waals surface area contributed by atoms with E-state index in [-0.39, 0.29) is 6.79 Å². The number of rotatable bonds is 4. The summed E-state index contributed by atoms with van der Waals surface area (Å²) < 4.78 is 10.7. The number of anilines is 1. The molecule has 0 atom stereocenters. The van der Waals surface area contributed by atoms with E-state index in [1.165, 1.54) is 11.3 Å². The van der Waals surface area contributed by atoms with Crippen LogP contribution in [-0.4, -0.2) is 11.8 Å². The summed E-state index contributed by atoms with van der Waals surface area (Å²) in [6.45, 7) is 0.224. The molecule has 0 unspecified atom stereocenters. The Morgan fingerprint density at radius 3 is 2.70 bits per heavy atom. The number of fused-ring (bicyclic) bond motifs is 1. The fourth-order valence-corrected chi connectivity index (χ4v) is 3.84. The van der Waals surface area contributed by atoms with Gasteiger partial charge in [0.05, 0.1) is 5.69 Å². The number of nitrogens with zero attached hydrogens (tertiary/aromatic N) is 2. The van der Waals surface area contributed by atoms with E-state index in [2.05, 4.69) is 16.4 Å². The zero-order valence-corrected chi connectivity index (χ0v) is 16.0. The number of halogens is 2. The van der Waals surface area contributed by atoms with Crippen LogP contribution < -0.4 is 14.8 Å². The average molecular weight is 416 g/mol. The van der Waals surface area contributed by atoms with Gasteiger partial charge < -0.3 is 14.8 Å². The van der Waals surface area contributed by atoms with E-state index in [1.54, 1.807) is 24.4 Å². The Kier molecular flexibility index (Phi) is 4.90. The van der Waals surface area contributed by atoms with Crippen LogP contribution in [0.1, 0.15) is 5.01 Å². The molecule has 1 aromatic heterocycles. The Morgan fingerprint density at radius 1 is 1.15 bits per heavy atom. The maximum Gasteiger partial charge on any atom is 0.231 e. The van der Waals surface area contributed by atoms with E-state index in [4.69, 9.17) is 32.7 Å². The summed E-state index contributed by atoms with van der Waals surface area (Å²) in [6, 6.07) is 12.9. The van der Waals surface area contributed by atoms with Crippen molar-refractivity contribution in [3.8, 4) is 28.8 Å². The van der Waals surface area contributed by atoms with Gasteiger partial charge >= 0.3 is 0 Å². The Labute approximate surface area is 169 Å². The standard InChI is InChI=1S/C19H11Cl2N3O2S/c20-13-4-14(21)6-15(5-13)23-8-12(7-22)19-24-16(9-27-19)11-1-2-17-18(3-11)26-10-25-17/h1-6,8-9,23H,10H2/b12-8+. The molecule has 0 fully saturated rings. The fraction of sp³-hybridized carbons (Fsp3) is 0.0526. The van der Waals surface area contributed by atoms with E-state index >= 15 is 0 Å². The molecule has 2 heterocycles. The smallest absolute Gasteiger partial charge is 0.231 e. The quantitative estimate of drug-likeness (QED) is 0.543. The lowest BCUT2D eigenvalue weighted by Gasteiger charge is -2.03.